The van der Waals surface area contributed by atoms with Crippen LogP contribution in [0.1, 0.15) is 6.42 Å². The number of rotatable bonds is 2. The molecular weight excluding hydrogens is 200 g/mol. The van der Waals surface area contributed by atoms with Gasteiger partial charge < -0.3 is 10.1 Å². The van der Waals surface area contributed by atoms with Crippen LogP contribution in [0.5, 0.6) is 0 Å². The zero-order valence-electron chi connectivity index (χ0n) is 9.02. The third-order valence-corrected chi connectivity index (χ3v) is 2.94. The van der Waals surface area contributed by atoms with Crippen LogP contribution in [0.15, 0.2) is 36.5 Å². The van der Waals surface area contributed by atoms with E-state index in [1.165, 1.54) is 10.8 Å². The highest BCUT2D eigenvalue weighted by Gasteiger charge is 2.16. The van der Waals surface area contributed by atoms with Crippen LogP contribution in [-0.2, 0) is 4.74 Å². The molecule has 0 bridgehead atoms. The fraction of sp³-hybridized carbons (Fsp3) is 0.308. The highest BCUT2D eigenvalue weighted by Crippen LogP contribution is 2.22. The molecule has 3 nitrogen and oxygen atoms in total. The van der Waals surface area contributed by atoms with Gasteiger partial charge in [-0.3, -0.25) is 0 Å². The third kappa shape index (κ3) is 1.74. The number of benzene rings is 1. The smallest absolute Gasteiger partial charge is 0.134 e. The van der Waals surface area contributed by atoms with Gasteiger partial charge in [0.25, 0.3) is 0 Å². The predicted molar refractivity (Wildman–Crippen MR) is 64.6 cm³/mol. The minimum absolute atomic E-state index is 0.401. The van der Waals surface area contributed by atoms with Gasteiger partial charge in [0.15, 0.2) is 0 Å². The largest absolute Gasteiger partial charge is 0.379 e. The summed E-state index contributed by atoms with van der Waals surface area (Å²) >= 11 is 0. The number of hydrogen-bond acceptors (Lipinski definition) is 3. The predicted octanol–water partition coefficient (Wildman–Crippen LogP) is 2.44. The molecule has 82 valence electrons. The third-order valence-electron chi connectivity index (χ3n) is 2.94. The summed E-state index contributed by atoms with van der Waals surface area (Å²) in [6, 6.07) is 10.7. The first-order valence-corrected chi connectivity index (χ1v) is 5.61. The molecule has 0 spiro atoms. The minimum atomic E-state index is 0.401. The summed E-state index contributed by atoms with van der Waals surface area (Å²) < 4.78 is 5.35. The van der Waals surface area contributed by atoms with E-state index in [4.69, 9.17) is 4.74 Å². The monoisotopic (exact) mass is 214 g/mol. The van der Waals surface area contributed by atoms with Crippen molar-refractivity contribution >= 4 is 16.6 Å². The molecule has 1 aliphatic heterocycles. The number of aromatic nitrogens is 1. The lowest BCUT2D eigenvalue weighted by Gasteiger charge is -2.13. The van der Waals surface area contributed by atoms with Gasteiger partial charge in [0.2, 0.25) is 0 Å². The molecule has 1 aromatic heterocycles. The highest BCUT2D eigenvalue weighted by atomic mass is 16.5. The van der Waals surface area contributed by atoms with E-state index in [0.29, 0.717) is 6.04 Å². The van der Waals surface area contributed by atoms with Crippen molar-refractivity contribution in [3.05, 3.63) is 36.5 Å². The number of anilines is 1. The summed E-state index contributed by atoms with van der Waals surface area (Å²) in [7, 11) is 0. The molecule has 1 unspecified atom stereocenters. The fourth-order valence-electron chi connectivity index (χ4n) is 2.08. The van der Waals surface area contributed by atoms with E-state index in [-0.39, 0.29) is 0 Å². The van der Waals surface area contributed by atoms with Crippen molar-refractivity contribution in [2.24, 2.45) is 0 Å². The molecule has 2 aromatic rings. The van der Waals surface area contributed by atoms with Gasteiger partial charge in [-0.15, -0.1) is 0 Å². The Kier molecular flexibility index (Phi) is 2.46. The molecule has 3 rings (SSSR count). The average Bonchev–Trinajstić information content (AvgIpc) is 2.82. The van der Waals surface area contributed by atoms with Gasteiger partial charge in [0.1, 0.15) is 5.82 Å². The van der Waals surface area contributed by atoms with Gasteiger partial charge in [-0.25, -0.2) is 4.98 Å². The Hall–Kier alpha value is -1.61. The van der Waals surface area contributed by atoms with E-state index in [1.807, 2.05) is 24.4 Å². The van der Waals surface area contributed by atoms with Gasteiger partial charge in [-0.2, -0.15) is 0 Å². The average molecular weight is 214 g/mol. The molecule has 2 heterocycles. The quantitative estimate of drug-likeness (QED) is 0.833. The topological polar surface area (TPSA) is 34.1 Å². The number of hydrogen-bond donors (Lipinski definition) is 1. The maximum Gasteiger partial charge on any atom is 0.134 e. The number of ether oxygens (including phenoxy) is 1. The lowest BCUT2D eigenvalue weighted by molar-refractivity contribution is 0.195. The Bertz CT molecular complexity index is 487. The Labute approximate surface area is 94.5 Å². The van der Waals surface area contributed by atoms with Crippen LogP contribution in [0.3, 0.4) is 0 Å². The summed E-state index contributed by atoms with van der Waals surface area (Å²) in [4.78, 5) is 4.40. The van der Waals surface area contributed by atoms with Crippen molar-refractivity contribution < 1.29 is 4.74 Å². The molecule has 0 aliphatic carbocycles. The Balaban J connectivity index is 1.96. The molecule has 1 saturated heterocycles. The second-order valence-corrected chi connectivity index (χ2v) is 4.09. The SMILES string of the molecule is c1ccc2c(NC3CCOC3)nccc2c1. The van der Waals surface area contributed by atoms with Gasteiger partial charge >= 0.3 is 0 Å². The lowest BCUT2D eigenvalue weighted by Crippen LogP contribution is -2.19. The number of fused-ring (bicyclic) bond motifs is 1. The van der Waals surface area contributed by atoms with E-state index >= 15 is 0 Å². The molecule has 16 heavy (non-hydrogen) atoms. The van der Waals surface area contributed by atoms with Crippen molar-refractivity contribution in [1.29, 1.82) is 0 Å². The van der Waals surface area contributed by atoms with Crippen LogP contribution in [-0.4, -0.2) is 24.2 Å². The van der Waals surface area contributed by atoms with E-state index in [2.05, 4.69) is 22.4 Å². The Morgan fingerprint density at radius 2 is 2.19 bits per heavy atom. The number of pyridine rings is 1. The molecule has 0 amide bonds. The lowest BCUT2D eigenvalue weighted by atomic mass is 10.1. The molecule has 1 atom stereocenters. The fourth-order valence-corrected chi connectivity index (χ4v) is 2.08. The van der Waals surface area contributed by atoms with Crippen LogP contribution < -0.4 is 5.32 Å². The van der Waals surface area contributed by atoms with Gasteiger partial charge in [-0.1, -0.05) is 24.3 Å². The van der Waals surface area contributed by atoms with Gasteiger partial charge in [0, 0.05) is 18.2 Å². The molecule has 1 aliphatic rings. The summed E-state index contributed by atoms with van der Waals surface area (Å²) in [6.07, 6.45) is 2.91. The maximum atomic E-state index is 5.35. The first kappa shape index (κ1) is 9.60. The zero-order chi connectivity index (χ0) is 10.8. The normalized spacial score (nSPS) is 20.1. The van der Waals surface area contributed by atoms with Crippen molar-refractivity contribution in [3.8, 4) is 0 Å². The molecule has 0 saturated carbocycles. The van der Waals surface area contributed by atoms with Crippen LogP contribution in [0.25, 0.3) is 10.8 Å². The highest BCUT2D eigenvalue weighted by molar-refractivity contribution is 5.91. The molecule has 1 fully saturated rings. The van der Waals surface area contributed by atoms with Crippen LogP contribution in [0.4, 0.5) is 5.82 Å². The van der Waals surface area contributed by atoms with Crippen molar-refractivity contribution in [3.63, 3.8) is 0 Å². The first-order chi connectivity index (χ1) is 7.93. The van der Waals surface area contributed by atoms with Crippen molar-refractivity contribution in [2.45, 2.75) is 12.5 Å². The second-order valence-electron chi connectivity index (χ2n) is 4.09. The van der Waals surface area contributed by atoms with E-state index in [0.717, 1.165) is 25.5 Å². The number of nitrogens with zero attached hydrogens (tertiary/aromatic N) is 1. The van der Waals surface area contributed by atoms with Crippen molar-refractivity contribution in [1.82, 2.24) is 4.98 Å². The summed E-state index contributed by atoms with van der Waals surface area (Å²) in [5.74, 6) is 0.966. The summed E-state index contributed by atoms with van der Waals surface area (Å²) in [5.41, 5.74) is 0. The van der Waals surface area contributed by atoms with Crippen molar-refractivity contribution in [2.75, 3.05) is 18.5 Å². The minimum Gasteiger partial charge on any atom is -0.379 e. The second kappa shape index (κ2) is 4.10. The number of nitrogens with one attached hydrogen (secondary N) is 1. The zero-order valence-corrected chi connectivity index (χ0v) is 9.02. The van der Waals surface area contributed by atoms with Gasteiger partial charge in [-0.05, 0) is 17.9 Å². The van der Waals surface area contributed by atoms with E-state index in [1.54, 1.807) is 0 Å². The van der Waals surface area contributed by atoms with Crippen LogP contribution in [0, 0.1) is 0 Å². The molecule has 0 radical (unpaired) electrons. The van der Waals surface area contributed by atoms with Crippen LogP contribution in [0.2, 0.25) is 0 Å². The van der Waals surface area contributed by atoms with E-state index in [9.17, 15) is 0 Å². The standard InChI is InChI=1S/C13H14N2O/c1-2-4-12-10(3-1)5-7-14-13(12)15-11-6-8-16-9-11/h1-5,7,11H,6,8-9H2,(H,14,15). The van der Waals surface area contributed by atoms with E-state index < -0.39 is 0 Å². The summed E-state index contributed by atoms with van der Waals surface area (Å²) in [5, 5.41) is 5.85. The molecule has 1 aromatic carbocycles. The molecule has 1 N–H and O–H groups in total. The Morgan fingerprint density at radius 1 is 1.25 bits per heavy atom. The Morgan fingerprint density at radius 3 is 3.06 bits per heavy atom. The molecule has 3 heteroatoms. The van der Waals surface area contributed by atoms with Crippen LogP contribution >= 0.6 is 0 Å². The molecular formula is C13H14N2O. The van der Waals surface area contributed by atoms with Gasteiger partial charge in [0.05, 0.1) is 12.6 Å². The first-order valence-electron chi connectivity index (χ1n) is 5.61. The summed E-state index contributed by atoms with van der Waals surface area (Å²) in [6.45, 7) is 1.63. The maximum absolute atomic E-state index is 5.35.